The summed E-state index contributed by atoms with van der Waals surface area (Å²) in [6.45, 7) is 0. The Balaban J connectivity index is 2.23. The zero-order valence-corrected chi connectivity index (χ0v) is 9.03. The van der Waals surface area contributed by atoms with Crippen molar-refractivity contribution < 1.29 is 0 Å². The fourth-order valence-electron chi connectivity index (χ4n) is 2.50. The first-order valence-corrected chi connectivity index (χ1v) is 5.61. The zero-order chi connectivity index (χ0) is 10.4. The molecule has 1 aromatic carbocycles. The van der Waals surface area contributed by atoms with Crippen LogP contribution in [-0.4, -0.2) is 4.57 Å². The quantitative estimate of drug-likeness (QED) is 0.705. The molecule has 0 unspecified atom stereocenters. The number of benzene rings is 1. The first kappa shape index (κ1) is 8.84. The van der Waals surface area contributed by atoms with Gasteiger partial charge in [-0.15, -0.1) is 0 Å². The Morgan fingerprint density at radius 1 is 1.33 bits per heavy atom. The molecule has 2 nitrogen and oxygen atoms in total. The Morgan fingerprint density at radius 3 is 2.73 bits per heavy atom. The molecule has 1 aliphatic carbocycles. The topological polar surface area (TPSA) is 30.9 Å². The molecule has 0 atom stereocenters. The third-order valence-electron chi connectivity index (χ3n) is 3.68. The van der Waals surface area contributed by atoms with E-state index in [4.69, 9.17) is 5.73 Å². The van der Waals surface area contributed by atoms with Gasteiger partial charge in [-0.05, 0) is 37.0 Å². The van der Waals surface area contributed by atoms with E-state index >= 15 is 0 Å². The van der Waals surface area contributed by atoms with Crippen molar-refractivity contribution in [3.63, 3.8) is 0 Å². The number of rotatable bonds is 1. The first-order chi connectivity index (χ1) is 7.27. The Morgan fingerprint density at radius 2 is 2.13 bits per heavy atom. The van der Waals surface area contributed by atoms with Crippen LogP contribution in [0.25, 0.3) is 10.9 Å². The van der Waals surface area contributed by atoms with Gasteiger partial charge in [-0.2, -0.15) is 0 Å². The molecule has 3 rings (SSSR count). The highest BCUT2D eigenvalue weighted by molar-refractivity contribution is 5.92. The lowest BCUT2D eigenvalue weighted by Gasteiger charge is -2.26. The van der Waals surface area contributed by atoms with Crippen molar-refractivity contribution in [1.29, 1.82) is 0 Å². The van der Waals surface area contributed by atoms with Gasteiger partial charge in [0.1, 0.15) is 0 Å². The molecule has 1 heterocycles. The van der Waals surface area contributed by atoms with E-state index in [0.29, 0.717) is 0 Å². The van der Waals surface area contributed by atoms with Crippen molar-refractivity contribution in [3.05, 3.63) is 30.0 Å². The molecule has 2 N–H and O–H groups in total. The zero-order valence-electron chi connectivity index (χ0n) is 9.03. The van der Waals surface area contributed by atoms with Gasteiger partial charge < -0.3 is 10.3 Å². The minimum atomic E-state index is 0.766. The lowest BCUT2D eigenvalue weighted by atomic mass is 9.83. The molecule has 0 amide bonds. The summed E-state index contributed by atoms with van der Waals surface area (Å²) in [7, 11) is 2.15. The van der Waals surface area contributed by atoms with Crippen LogP contribution < -0.4 is 5.73 Å². The second-order valence-corrected chi connectivity index (χ2v) is 4.54. The Labute approximate surface area is 89.7 Å². The van der Waals surface area contributed by atoms with Crippen LogP contribution in [0.15, 0.2) is 24.3 Å². The van der Waals surface area contributed by atoms with E-state index in [1.54, 1.807) is 0 Å². The minimum absolute atomic E-state index is 0.766. The maximum absolute atomic E-state index is 5.98. The number of nitrogen functional groups attached to an aromatic ring is 1. The lowest BCUT2D eigenvalue weighted by molar-refractivity contribution is 0.404. The van der Waals surface area contributed by atoms with Crippen LogP contribution in [0.5, 0.6) is 0 Å². The van der Waals surface area contributed by atoms with Gasteiger partial charge in [0, 0.05) is 23.8 Å². The monoisotopic (exact) mass is 200 g/mol. The number of aryl methyl sites for hydroxylation is 1. The first-order valence-electron chi connectivity index (χ1n) is 5.61. The van der Waals surface area contributed by atoms with Crippen molar-refractivity contribution in [3.8, 4) is 0 Å². The molecule has 15 heavy (non-hydrogen) atoms. The molecule has 78 valence electrons. The van der Waals surface area contributed by atoms with Gasteiger partial charge in [-0.1, -0.05) is 12.5 Å². The third kappa shape index (κ3) is 1.17. The summed E-state index contributed by atoms with van der Waals surface area (Å²) in [5, 5.41) is 1.21. The summed E-state index contributed by atoms with van der Waals surface area (Å²) in [5.41, 5.74) is 9.60. The SMILES string of the molecule is Cn1c(C2CCC2)cc2c(N)cccc21. The normalized spacial score (nSPS) is 16.9. The summed E-state index contributed by atoms with van der Waals surface area (Å²) in [6, 6.07) is 8.43. The number of hydrogen-bond donors (Lipinski definition) is 1. The van der Waals surface area contributed by atoms with E-state index in [-0.39, 0.29) is 0 Å². The second kappa shape index (κ2) is 3.02. The predicted octanol–water partition coefficient (Wildman–Crippen LogP) is 3.03. The van der Waals surface area contributed by atoms with Crippen LogP contribution in [0.4, 0.5) is 5.69 Å². The largest absolute Gasteiger partial charge is 0.398 e. The summed E-state index contributed by atoms with van der Waals surface area (Å²) in [6.07, 6.45) is 4.05. The van der Waals surface area contributed by atoms with E-state index in [0.717, 1.165) is 11.6 Å². The van der Waals surface area contributed by atoms with Crippen molar-refractivity contribution in [2.24, 2.45) is 7.05 Å². The van der Waals surface area contributed by atoms with Gasteiger partial charge in [0.25, 0.3) is 0 Å². The molecule has 1 aromatic heterocycles. The van der Waals surface area contributed by atoms with Crippen LogP contribution in [0.1, 0.15) is 30.9 Å². The lowest BCUT2D eigenvalue weighted by Crippen LogP contribution is -2.12. The van der Waals surface area contributed by atoms with E-state index < -0.39 is 0 Å². The number of fused-ring (bicyclic) bond motifs is 1. The molecule has 2 aromatic rings. The van der Waals surface area contributed by atoms with Gasteiger partial charge in [0.15, 0.2) is 0 Å². The fourth-order valence-corrected chi connectivity index (χ4v) is 2.50. The Bertz CT molecular complexity index is 506. The minimum Gasteiger partial charge on any atom is -0.398 e. The van der Waals surface area contributed by atoms with Gasteiger partial charge in [-0.3, -0.25) is 0 Å². The molecule has 0 bridgehead atoms. The fraction of sp³-hybridized carbons (Fsp3) is 0.385. The Kier molecular flexibility index (Phi) is 1.78. The van der Waals surface area contributed by atoms with Crippen LogP contribution in [0, 0.1) is 0 Å². The highest BCUT2D eigenvalue weighted by atomic mass is 15.0. The van der Waals surface area contributed by atoms with E-state index in [9.17, 15) is 0 Å². The van der Waals surface area contributed by atoms with Crippen molar-refractivity contribution in [2.75, 3.05) is 5.73 Å². The van der Waals surface area contributed by atoms with E-state index in [1.807, 2.05) is 12.1 Å². The number of nitrogens with zero attached hydrogens (tertiary/aromatic N) is 1. The highest BCUT2D eigenvalue weighted by Gasteiger charge is 2.23. The Hall–Kier alpha value is -1.44. The standard InChI is InChI=1S/C13H16N2/c1-15-12-7-3-6-11(14)10(12)8-13(15)9-4-2-5-9/h3,6-9H,2,4-5,14H2,1H3. The van der Waals surface area contributed by atoms with Crippen LogP contribution in [-0.2, 0) is 7.05 Å². The van der Waals surface area contributed by atoms with Gasteiger partial charge >= 0.3 is 0 Å². The van der Waals surface area contributed by atoms with Gasteiger partial charge in [0.2, 0.25) is 0 Å². The van der Waals surface area contributed by atoms with E-state index in [2.05, 4.69) is 23.7 Å². The number of anilines is 1. The summed E-state index contributed by atoms with van der Waals surface area (Å²) in [4.78, 5) is 0. The average molecular weight is 200 g/mol. The molecular formula is C13H16N2. The summed E-state index contributed by atoms with van der Waals surface area (Å²) < 4.78 is 2.30. The van der Waals surface area contributed by atoms with E-state index in [1.165, 1.54) is 35.9 Å². The molecule has 1 fully saturated rings. The average Bonchev–Trinajstić information content (AvgIpc) is 2.45. The van der Waals surface area contributed by atoms with Crippen LogP contribution in [0.2, 0.25) is 0 Å². The molecule has 0 spiro atoms. The maximum Gasteiger partial charge on any atom is 0.0500 e. The predicted molar refractivity (Wildman–Crippen MR) is 63.9 cm³/mol. The smallest absolute Gasteiger partial charge is 0.0500 e. The molecule has 1 aliphatic rings. The number of hydrogen-bond acceptors (Lipinski definition) is 1. The summed E-state index contributed by atoms with van der Waals surface area (Å²) in [5.74, 6) is 0.766. The molecule has 1 saturated carbocycles. The molecule has 2 heteroatoms. The molecule has 0 aliphatic heterocycles. The molecular weight excluding hydrogens is 184 g/mol. The van der Waals surface area contributed by atoms with Crippen molar-refractivity contribution >= 4 is 16.6 Å². The van der Waals surface area contributed by atoms with Gasteiger partial charge in [-0.25, -0.2) is 0 Å². The van der Waals surface area contributed by atoms with Crippen LogP contribution in [0.3, 0.4) is 0 Å². The van der Waals surface area contributed by atoms with Crippen molar-refractivity contribution in [2.45, 2.75) is 25.2 Å². The third-order valence-corrected chi connectivity index (χ3v) is 3.68. The maximum atomic E-state index is 5.98. The number of aromatic nitrogens is 1. The highest BCUT2D eigenvalue weighted by Crippen LogP contribution is 2.39. The van der Waals surface area contributed by atoms with Crippen LogP contribution >= 0.6 is 0 Å². The number of nitrogens with two attached hydrogens (primary N) is 1. The van der Waals surface area contributed by atoms with Crippen molar-refractivity contribution in [1.82, 2.24) is 4.57 Å². The summed E-state index contributed by atoms with van der Waals surface area (Å²) >= 11 is 0. The molecule has 0 saturated heterocycles. The second-order valence-electron chi connectivity index (χ2n) is 4.54. The van der Waals surface area contributed by atoms with Gasteiger partial charge in [0.05, 0.1) is 5.52 Å². The molecule has 0 radical (unpaired) electrons.